The lowest BCUT2D eigenvalue weighted by Gasteiger charge is -2.19. The fourth-order valence-corrected chi connectivity index (χ4v) is 4.24. The molecule has 0 saturated carbocycles. The van der Waals surface area contributed by atoms with Gasteiger partial charge in [0.15, 0.2) is 4.77 Å². The zero-order chi connectivity index (χ0) is 22.0. The van der Waals surface area contributed by atoms with E-state index in [1.807, 2.05) is 30.3 Å². The van der Waals surface area contributed by atoms with Gasteiger partial charge >= 0.3 is 0 Å². The van der Waals surface area contributed by atoms with Gasteiger partial charge in [0, 0.05) is 0 Å². The predicted molar refractivity (Wildman–Crippen MR) is 126 cm³/mol. The van der Waals surface area contributed by atoms with Crippen molar-refractivity contribution in [2.75, 3.05) is 0 Å². The maximum Gasteiger partial charge on any atom is 0.262 e. The minimum Gasteiger partial charge on any atom is -0.494 e. The quantitative estimate of drug-likeness (QED) is 0.383. The maximum absolute atomic E-state index is 12.6. The molecule has 1 aliphatic rings. The molecule has 1 aliphatic carbocycles. The maximum atomic E-state index is 12.6. The van der Waals surface area contributed by atoms with Gasteiger partial charge in [-0.2, -0.15) is 0 Å². The van der Waals surface area contributed by atoms with E-state index in [9.17, 15) is 9.90 Å². The van der Waals surface area contributed by atoms with E-state index in [-0.39, 0.29) is 16.2 Å². The van der Waals surface area contributed by atoms with Crippen molar-refractivity contribution in [2.45, 2.75) is 26.7 Å². The Morgan fingerprint density at radius 1 is 1.13 bits per heavy atom. The minimum atomic E-state index is -0.393. The first-order valence-electron chi connectivity index (χ1n) is 10.2. The molecule has 0 radical (unpaired) electrons. The van der Waals surface area contributed by atoms with Crippen LogP contribution in [0.2, 0.25) is 0 Å². The fraction of sp³-hybridized carbons (Fsp3) is 0.200. The first kappa shape index (κ1) is 20.9. The molecule has 0 saturated heterocycles. The average molecular weight is 433 g/mol. The fourth-order valence-electron chi connectivity index (χ4n) is 3.96. The number of nitrogens with one attached hydrogen (secondary N) is 1. The lowest BCUT2D eigenvalue weighted by molar-refractivity contribution is 0.431. The molecular formula is C25H24N2O3S. The Hall–Kier alpha value is -3.38. The Morgan fingerprint density at radius 2 is 1.81 bits per heavy atom. The first-order valence-corrected chi connectivity index (χ1v) is 10.6. The monoisotopic (exact) mass is 432 g/mol. The molecule has 0 spiro atoms. The summed E-state index contributed by atoms with van der Waals surface area (Å²) in [5.41, 5.74) is 2.84. The van der Waals surface area contributed by atoms with Crippen LogP contribution in [0.3, 0.4) is 0 Å². The lowest BCUT2D eigenvalue weighted by atomic mass is 9.87. The molecule has 6 heteroatoms. The Balaban J connectivity index is 1.69. The summed E-state index contributed by atoms with van der Waals surface area (Å²) in [6.07, 6.45) is 5.69. The number of H-pyrrole nitrogens is 1. The molecule has 1 heterocycles. The highest BCUT2D eigenvalue weighted by atomic mass is 32.1. The molecular weight excluding hydrogens is 408 g/mol. The van der Waals surface area contributed by atoms with Crippen molar-refractivity contribution in [2.24, 2.45) is 5.92 Å². The summed E-state index contributed by atoms with van der Waals surface area (Å²) in [6, 6.07) is 16.7. The molecule has 4 rings (SSSR count). The Kier molecular flexibility index (Phi) is 5.91. The van der Waals surface area contributed by atoms with E-state index in [1.165, 1.54) is 10.1 Å². The number of nitrogens with zero attached hydrogens (tertiary/aromatic N) is 1. The molecule has 5 nitrogen and oxygen atoms in total. The van der Waals surface area contributed by atoms with Crippen LogP contribution >= 0.6 is 12.2 Å². The molecule has 2 aromatic carbocycles. The molecule has 0 bridgehead atoms. The van der Waals surface area contributed by atoms with Crippen molar-refractivity contribution in [3.05, 3.63) is 92.5 Å². The molecule has 2 N–H and O–H groups in total. The number of allylic oxidation sites excluding steroid dienone is 3. The third kappa shape index (κ3) is 4.70. The minimum absolute atomic E-state index is 0.134. The van der Waals surface area contributed by atoms with Crippen LogP contribution in [-0.2, 0) is 0 Å². The van der Waals surface area contributed by atoms with E-state index in [0.717, 1.165) is 24.2 Å². The highest BCUT2D eigenvalue weighted by Crippen LogP contribution is 2.31. The number of hydrogen-bond acceptors (Lipinski definition) is 4. The number of aromatic hydroxyl groups is 1. The predicted octanol–water partition coefficient (Wildman–Crippen LogP) is 6.15. The molecule has 31 heavy (non-hydrogen) atoms. The van der Waals surface area contributed by atoms with Crippen molar-refractivity contribution in [3.8, 4) is 23.1 Å². The van der Waals surface area contributed by atoms with Crippen LogP contribution in [0.4, 0.5) is 0 Å². The van der Waals surface area contributed by atoms with Gasteiger partial charge in [0.2, 0.25) is 5.88 Å². The summed E-state index contributed by atoms with van der Waals surface area (Å²) < 4.78 is 7.42. The van der Waals surface area contributed by atoms with Gasteiger partial charge < -0.3 is 9.84 Å². The molecule has 0 aliphatic heterocycles. The topological polar surface area (TPSA) is 67.2 Å². The van der Waals surface area contributed by atoms with Gasteiger partial charge in [-0.25, -0.2) is 0 Å². The molecule has 1 aromatic heterocycles. The Labute approximate surface area is 186 Å². The standard InChI is InChI=1S/C25H24N2O3S/c1-16-12-17(2)14-18(13-16)15-22-23(28)26-25(31)27(24(22)29)19-8-10-21(11-9-19)30-20-6-4-3-5-7-20/h3-12,15-16,29H,13-14H2,1-2H3,(H,26,28,31). The second kappa shape index (κ2) is 8.78. The van der Waals surface area contributed by atoms with Gasteiger partial charge in [-0.1, -0.05) is 42.3 Å². The van der Waals surface area contributed by atoms with Gasteiger partial charge in [0.25, 0.3) is 5.56 Å². The summed E-state index contributed by atoms with van der Waals surface area (Å²) in [7, 11) is 0. The van der Waals surface area contributed by atoms with Crippen molar-refractivity contribution in [1.29, 1.82) is 0 Å². The lowest BCUT2D eigenvalue weighted by Crippen LogP contribution is -2.16. The number of hydrogen-bond donors (Lipinski definition) is 2. The van der Waals surface area contributed by atoms with Crippen molar-refractivity contribution < 1.29 is 9.84 Å². The average Bonchev–Trinajstić information content (AvgIpc) is 2.72. The number of benzene rings is 2. The third-order valence-electron chi connectivity index (χ3n) is 5.20. The summed E-state index contributed by atoms with van der Waals surface area (Å²) in [5, 5.41) is 11.0. The van der Waals surface area contributed by atoms with Crippen molar-refractivity contribution in [3.63, 3.8) is 0 Å². The van der Waals surface area contributed by atoms with Crippen LogP contribution < -0.4 is 10.3 Å². The van der Waals surface area contributed by atoms with E-state index in [4.69, 9.17) is 17.0 Å². The summed E-state index contributed by atoms with van der Waals surface area (Å²) in [5.74, 6) is 1.63. The van der Waals surface area contributed by atoms with Gasteiger partial charge in [-0.15, -0.1) is 0 Å². The number of aromatic nitrogens is 2. The summed E-state index contributed by atoms with van der Waals surface area (Å²) in [6.45, 7) is 4.23. The third-order valence-corrected chi connectivity index (χ3v) is 5.49. The SMILES string of the molecule is CC1=CC(C)CC(=Cc2c(O)n(-c3ccc(Oc4ccccc4)cc3)c(=S)[nH]c2=O)C1. The Bertz CT molecular complexity index is 1270. The van der Waals surface area contributed by atoms with E-state index in [0.29, 0.717) is 17.4 Å². The highest BCUT2D eigenvalue weighted by molar-refractivity contribution is 7.71. The van der Waals surface area contributed by atoms with Gasteiger partial charge in [-0.3, -0.25) is 14.3 Å². The molecule has 158 valence electrons. The molecule has 3 aromatic rings. The van der Waals surface area contributed by atoms with Crippen LogP contribution in [0, 0.1) is 10.7 Å². The van der Waals surface area contributed by atoms with Crippen LogP contribution in [0.25, 0.3) is 11.8 Å². The normalized spacial score (nSPS) is 17.4. The number of ether oxygens (including phenoxy) is 1. The van der Waals surface area contributed by atoms with E-state index in [2.05, 4.69) is 24.9 Å². The van der Waals surface area contributed by atoms with E-state index in [1.54, 1.807) is 30.3 Å². The second-order valence-corrected chi connectivity index (χ2v) is 8.30. The zero-order valence-corrected chi connectivity index (χ0v) is 18.3. The van der Waals surface area contributed by atoms with E-state index >= 15 is 0 Å². The van der Waals surface area contributed by atoms with Gasteiger partial charge in [0.05, 0.1) is 5.69 Å². The Morgan fingerprint density at radius 3 is 2.48 bits per heavy atom. The summed E-state index contributed by atoms with van der Waals surface area (Å²) >= 11 is 5.33. The highest BCUT2D eigenvalue weighted by Gasteiger charge is 2.16. The van der Waals surface area contributed by atoms with Crippen LogP contribution in [0.1, 0.15) is 32.3 Å². The van der Waals surface area contributed by atoms with Crippen molar-refractivity contribution >= 4 is 18.3 Å². The largest absolute Gasteiger partial charge is 0.494 e. The molecule has 0 amide bonds. The van der Waals surface area contributed by atoms with Crippen LogP contribution in [0.5, 0.6) is 17.4 Å². The number of para-hydroxylation sites is 1. The molecule has 1 atom stereocenters. The zero-order valence-electron chi connectivity index (χ0n) is 17.5. The summed E-state index contributed by atoms with van der Waals surface area (Å²) in [4.78, 5) is 15.2. The van der Waals surface area contributed by atoms with Crippen molar-refractivity contribution in [1.82, 2.24) is 9.55 Å². The molecule has 1 unspecified atom stereocenters. The second-order valence-electron chi connectivity index (χ2n) is 7.91. The van der Waals surface area contributed by atoms with Crippen LogP contribution in [-0.4, -0.2) is 14.7 Å². The molecule has 0 fully saturated rings. The number of aromatic amines is 1. The van der Waals surface area contributed by atoms with Gasteiger partial charge in [-0.05, 0) is 80.4 Å². The van der Waals surface area contributed by atoms with Gasteiger partial charge in [0.1, 0.15) is 17.1 Å². The van der Waals surface area contributed by atoms with Crippen LogP contribution in [0.15, 0.2) is 76.6 Å². The number of rotatable bonds is 4. The van der Waals surface area contributed by atoms with E-state index < -0.39 is 5.56 Å². The smallest absolute Gasteiger partial charge is 0.262 e. The first-order chi connectivity index (χ1) is 14.9.